The molecule has 0 bridgehead atoms. The first-order valence-electron chi connectivity index (χ1n) is 15.9. The molecule has 4 unspecified atom stereocenters. The van der Waals surface area contributed by atoms with Crippen LogP contribution in [0.2, 0.25) is 0 Å². The highest BCUT2D eigenvalue weighted by molar-refractivity contribution is 7.61. The molecule has 0 radical (unpaired) electrons. The number of benzene rings is 1. The van der Waals surface area contributed by atoms with Crippen LogP contribution in [0.15, 0.2) is 42.0 Å². The van der Waals surface area contributed by atoms with Crippen LogP contribution in [0.1, 0.15) is 117 Å². The average Bonchev–Trinajstić information content (AvgIpc) is 2.93. The van der Waals surface area contributed by atoms with Crippen molar-refractivity contribution in [3.8, 4) is 0 Å². The van der Waals surface area contributed by atoms with E-state index in [-0.39, 0.29) is 30.7 Å². The topological polar surface area (TPSA) is 18.5 Å². The molecule has 2 fully saturated rings. The van der Waals surface area contributed by atoms with Crippen molar-refractivity contribution in [2.45, 2.75) is 140 Å². The van der Waals surface area contributed by atoms with Crippen LogP contribution >= 0.6 is 7.92 Å². The second kappa shape index (κ2) is 12.9. The minimum absolute atomic E-state index is 0.0179. The molecule has 1 aromatic carbocycles. The molecule has 0 saturated heterocycles. The summed E-state index contributed by atoms with van der Waals surface area (Å²) >= 11 is 0. The zero-order valence-corrected chi connectivity index (χ0v) is 26.7. The molecule has 214 valence electrons. The van der Waals surface area contributed by atoms with Gasteiger partial charge in [0.2, 0.25) is 0 Å². The van der Waals surface area contributed by atoms with Gasteiger partial charge in [-0.3, -0.25) is 0 Å². The predicted octanol–water partition coefficient (Wildman–Crippen LogP) is 9.96. The average molecular weight is 541 g/mol. The lowest BCUT2D eigenvalue weighted by atomic mass is 9.57. The van der Waals surface area contributed by atoms with Gasteiger partial charge in [0.15, 0.2) is 0 Å². The van der Waals surface area contributed by atoms with Gasteiger partial charge >= 0.3 is 0 Å². The van der Waals surface area contributed by atoms with Crippen LogP contribution < -0.4 is 0 Å². The van der Waals surface area contributed by atoms with Crippen molar-refractivity contribution in [1.82, 2.24) is 0 Å². The summed E-state index contributed by atoms with van der Waals surface area (Å²) in [5, 5.41) is 0.0179. The molecule has 0 aromatic heterocycles. The SMILES string of the molecule is COC1C(C(C)C)=CC(OC)(C(C)C)C(c2ccccc2)C1(C(C)C)P(C1CCCCC1)C1CCCCC1. The van der Waals surface area contributed by atoms with E-state index in [1.54, 1.807) is 0 Å². The van der Waals surface area contributed by atoms with Crippen molar-refractivity contribution in [3.63, 3.8) is 0 Å². The third kappa shape index (κ3) is 5.21. The highest BCUT2D eigenvalue weighted by Gasteiger charge is 2.66. The smallest absolute Gasteiger partial charge is 0.0963 e. The monoisotopic (exact) mass is 540 g/mol. The quantitative estimate of drug-likeness (QED) is 0.229. The van der Waals surface area contributed by atoms with Gasteiger partial charge in [-0.2, -0.15) is 0 Å². The molecule has 4 atom stereocenters. The summed E-state index contributed by atoms with van der Waals surface area (Å²) < 4.78 is 13.8. The van der Waals surface area contributed by atoms with Gasteiger partial charge in [-0.05, 0) is 72.0 Å². The van der Waals surface area contributed by atoms with Crippen LogP contribution in [-0.2, 0) is 9.47 Å². The maximum atomic E-state index is 6.89. The van der Waals surface area contributed by atoms with Crippen molar-refractivity contribution in [3.05, 3.63) is 47.5 Å². The molecule has 0 aliphatic heterocycles. The molecule has 0 heterocycles. The van der Waals surface area contributed by atoms with Gasteiger partial charge in [-0.15, -0.1) is 0 Å². The summed E-state index contributed by atoms with van der Waals surface area (Å²) in [6, 6.07) is 11.5. The zero-order valence-electron chi connectivity index (χ0n) is 25.8. The van der Waals surface area contributed by atoms with Gasteiger partial charge in [-0.25, -0.2) is 0 Å². The zero-order chi connectivity index (χ0) is 27.5. The van der Waals surface area contributed by atoms with Crippen molar-refractivity contribution in [1.29, 1.82) is 0 Å². The Bertz CT molecular complexity index is 878. The summed E-state index contributed by atoms with van der Waals surface area (Å²) in [7, 11) is 3.68. The number of hydrogen-bond donors (Lipinski definition) is 0. The van der Waals surface area contributed by atoms with Crippen molar-refractivity contribution < 1.29 is 9.47 Å². The van der Waals surface area contributed by atoms with Crippen molar-refractivity contribution in [2.75, 3.05) is 14.2 Å². The van der Waals surface area contributed by atoms with Crippen LogP contribution in [0.4, 0.5) is 0 Å². The lowest BCUT2D eigenvalue weighted by molar-refractivity contribution is -0.0782. The third-order valence-corrected chi connectivity index (χ3v) is 15.1. The standard InChI is InChI=1S/C35H57O2P/c1-25(2)31-24-34(37-8,26(3)4)32(28-18-12-9-13-19-28)35(27(5)6,33(31)36-7)38(29-20-14-10-15-21-29)30-22-16-11-17-23-30/h9,12-13,18-19,24-27,29-30,32-33H,10-11,14-17,20-23H2,1-8H3. The molecule has 2 nitrogen and oxygen atoms in total. The van der Waals surface area contributed by atoms with Crippen LogP contribution in [-0.4, -0.2) is 42.4 Å². The minimum atomic E-state index is -0.357. The molecule has 0 spiro atoms. The Balaban J connectivity index is 2.11. The molecule has 3 heteroatoms. The lowest BCUT2D eigenvalue weighted by Crippen LogP contribution is -2.65. The maximum Gasteiger partial charge on any atom is 0.0963 e. The second-order valence-corrected chi connectivity index (χ2v) is 16.6. The Morgan fingerprint density at radius 1 is 0.737 bits per heavy atom. The van der Waals surface area contributed by atoms with E-state index in [2.05, 4.69) is 78.0 Å². The number of ether oxygens (including phenoxy) is 2. The molecule has 3 aliphatic rings. The Hall–Kier alpha value is -0.690. The number of methoxy groups -OCH3 is 2. The summed E-state index contributed by atoms with van der Waals surface area (Å²) in [5.41, 5.74) is 4.26. The summed E-state index contributed by atoms with van der Waals surface area (Å²) in [5.74, 6) is 1.54. The van der Waals surface area contributed by atoms with Crippen LogP contribution in [0, 0.1) is 17.8 Å². The van der Waals surface area contributed by atoms with Gasteiger partial charge in [0, 0.05) is 25.3 Å². The Morgan fingerprint density at radius 3 is 1.66 bits per heavy atom. The van der Waals surface area contributed by atoms with E-state index in [1.165, 1.54) is 75.3 Å². The summed E-state index contributed by atoms with van der Waals surface area (Å²) in [6.07, 6.45) is 16.8. The summed E-state index contributed by atoms with van der Waals surface area (Å²) in [4.78, 5) is 0. The fourth-order valence-corrected chi connectivity index (χ4v) is 14.4. The van der Waals surface area contributed by atoms with Gasteiger partial charge in [0.25, 0.3) is 0 Å². The number of hydrogen-bond acceptors (Lipinski definition) is 2. The van der Waals surface area contributed by atoms with E-state index in [9.17, 15) is 0 Å². The van der Waals surface area contributed by atoms with Gasteiger partial charge in [-0.1, -0.05) is 118 Å². The molecule has 1 aromatic rings. The van der Waals surface area contributed by atoms with Gasteiger partial charge in [0.05, 0.1) is 11.7 Å². The normalized spacial score (nSPS) is 31.9. The first-order valence-corrected chi connectivity index (χ1v) is 17.4. The van der Waals surface area contributed by atoms with E-state index in [1.807, 2.05) is 14.2 Å². The largest absolute Gasteiger partial charge is 0.376 e. The molecule has 4 rings (SSSR count). The Morgan fingerprint density at radius 2 is 1.26 bits per heavy atom. The van der Waals surface area contributed by atoms with E-state index in [0.717, 1.165) is 11.3 Å². The van der Waals surface area contributed by atoms with Crippen LogP contribution in [0.25, 0.3) is 0 Å². The Kier molecular flexibility index (Phi) is 10.3. The molecule has 0 amide bonds. The molecule has 38 heavy (non-hydrogen) atoms. The molecule has 0 N–H and O–H groups in total. The van der Waals surface area contributed by atoms with Crippen molar-refractivity contribution >= 4 is 7.92 Å². The fourth-order valence-electron chi connectivity index (χ4n) is 8.95. The predicted molar refractivity (Wildman–Crippen MR) is 166 cm³/mol. The molecular formula is C35H57O2P. The first kappa shape index (κ1) is 30.3. The first-order chi connectivity index (χ1) is 18.3. The molecular weight excluding hydrogens is 483 g/mol. The van der Waals surface area contributed by atoms with E-state index in [0.29, 0.717) is 17.8 Å². The minimum Gasteiger partial charge on any atom is -0.376 e. The van der Waals surface area contributed by atoms with Gasteiger partial charge < -0.3 is 9.47 Å². The van der Waals surface area contributed by atoms with E-state index >= 15 is 0 Å². The summed E-state index contributed by atoms with van der Waals surface area (Å²) in [6.45, 7) is 14.7. The number of rotatable bonds is 9. The van der Waals surface area contributed by atoms with Gasteiger partial charge in [0.1, 0.15) is 0 Å². The lowest BCUT2D eigenvalue weighted by Gasteiger charge is -2.65. The van der Waals surface area contributed by atoms with Crippen molar-refractivity contribution in [2.24, 2.45) is 17.8 Å². The maximum absolute atomic E-state index is 6.89. The second-order valence-electron chi connectivity index (χ2n) is 13.5. The van der Waals surface area contributed by atoms with Crippen LogP contribution in [0.3, 0.4) is 0 Å². The highest BCUT2D eigenvalue weighted by atomic mass is 31.1. The third-order valence-electron chi connectivity index (χ3n) is 10.6. The Labute approximate surface area is 236 Å². The molecule has 2 saturated carbocycles. The van der Waals surface area contributed by atoms with E-state index in [4.69, 9.17) is 9.47 Å². The van der Waals surface area contributed by atoms with Crippen LogP contribution in [0.5, 0.6) is 0 Å². The fraction of sp³-hybridized carbons (Fsp3) is 0.771. The molecule has 3 aliphatic carbocycles. The highest BCUT2D eigenvalue weighted by Crippen LogP contribution is 2.75. The van der Waals surface area contributed by atoms with E-state index < -0.39 is 0 Å².